The third kappa shape index (κ3) is 3.55. The quantitative estimate of drug-likeness (QED) is 0.798. The van der Waals surface area contributed by atoms with Gasteiger partial charge in [-0.15, -0.1) is 0 Å². The summed E-state index contributed by atoms with van der Waals surface area (Å²) in [6, 6.07) is 13.4. The maximum absolute atomic E-state index is 13.9. The largest absolute Gasteiger partial charge is 0.325 e. The van der Waals surface area contributed by atoms with Crippen LogP contribution >= 0.6 is 0 Å². The molecule has 0 spiro atoms. The first kappa shape index (κ1) is 19.0. The second-order valence-corrected chi connectivity index (χ2v) is 9.09. The molecule has 2 aliphatic heterocycles. The molecule has 28 heavy (non-hydrogen) atoms. The molecule has 8 heteroatoms. The van der Waals surface area contributed by atoms with Gasteiger partial charge < -0.3 is 9.80 Å². The highest BCUT2D eigenvalue weighted by atomic mass is 32.2. The van der Waals surface area contributed by atoms with Crippen molar-refractivity contribution in [2.24, 2.45) is 0 Å². The van der Waals surface area contributed by atoms with Crippen molar-refractivity contribution in [2.75, 3.05) is 44.2 Å². The molecule has 2 aromatic rings. The van der Waals surface area contributed by atoms with Gasteiger partial charge in [0.15, 0.2) is 6.54 Å². The summed E-state index contributed by atoms with van der Waals surface area (Å²) in [5.74, 6) is -0.675. The number of hydrogen-bond donors (Lipinski definition) is 1. The number of halogens is 1. The number of nitrogens with one attached hydrogen (secondary N) is 1. The third-order valence-corrected chi connectivity index (χ3v) is 7.41. The Bertz CT molecular complexity index is 988. The Labute approximate surface area is 164 Å². The molecule has 0 bridgehead atoms. The zero-order chi connectivity index (χ0) is 19.7. The molecule has 6 nitrogen and oxygen atoms in total. The zero-order valence-corrected chi connectivity index (χ0v) is 16.3. The van der Waals surface area contributed by atoms with Gasteiger partial charge in [0, 0.05) is 12.2 Å². The summed E-state index contributed by atoms with van der Waals surface area (Å²) >= 11 is 0. The van der Waals surface area contributed by atoms with Crippen LogP contribution in [0.4, 0.5) is 10.1 Å². The first-order valence-electron chi connectivity index (χ1n) is 9.43. The van der Waals surface area contributed by atoms with E-state index in [2.05, 4.69) is 0 Å². The molecule has 1 amide bonds. The van der Waals surface area contributed by atoms with E-state index in [9.17, 15) is 17.6 Å². The maximum Gasteiger partial charge on any atom is 0.282 e. The van der Waals surface area contributed by atoms with Gasteiger partial charge in [-0.25, -0.2) is 12.8 Å². The normalized spacial score (nSPS) is 18.2. The Morgan fingerprint density at radius 2 is 1.68 bits per heavy atom. The van der Waals surface area contributed by atoms with Gasteiger partial charge in [-0.05, 0) is 30.2 Å². The minimum atomic E-state index is -3.85. The first-order chi connectivity index (χ1) is 13.5. The van der Waals surface area contributed by atoms with Crippen molar-refractivity contribution >= 4 is 21.6 Å². The molecule has 0 saturated carbocycles. The number of benzene rings is 2. The number of carbonyl (C=O) groups excluding carboxylic acids is 1. The fourth-order valence-electron chi connectivity index (χ4n) is 3.92. The van der Waals surface area contributed by atoms with Gasteiger partial charge in [0.1, 0.15) is 10.7 Å². The SMILES string of the molecule is O=C(C[NH+]1CCN(S(=O)(=O)c2ccccc2F)CC1)N1CCc2ccccc21. The minimum Gasteiger partial charge on any atom is -0.325 e. The Morgan fingerprint density at radius 1 is 1.00 bits per heavy atom. The van der Waals surface area contributed by atoms with Gasteiger partial charge in [0.25, 0.3) is 5.91 Å². The summed E-state index contributed by atoms with van der Waals surface area (Å²) < 4.78 is 40.6. The Kier molecular flexibility index (Phi) is 5.18. The molecular weight excluding hydrogens is 381 g/mol. The smallest absolute Gasteiger partial charge is 0.282 e. The van der Waals surface area contributed by atoms with Crippen LogP contribution in [0.1, 0.15) is 5.56 Å². The molecule has 2 aromatic carbocycles. The fourth-order valence-corrected chi connectivity index (χ4v) is 5.43. The predicted octanol–water partition coefficient (Wildman–Crippen LogP) is 0.304. The number of sulfonamides is 1. The third-order valence-electron chi connectivity index (χ3n) is 5.47. The average molecular weight is 404 g/mol. The van der Waals surface area contributed by atoms with Gasteiger partial charge in [-0.2, -0.15) is 4.31 Å². The lowest BCUT2D eigenvalue weighted by Gasteiger charge is -2.32. The lowest BCUT2D eigenvalue weighted by Crippen LogP contribution is -3.15. The van der Waals surface area contributed by atoms with E-state index in [0.29, 0.717) is 26.2 Å². The van der Waals surface area contributed by atoms with Crippen LogP contribution in [0.25, 0.3) is 0 Å². The predicted molar refractivity (Wildman–Crippen MR) is 103 cm³/mol. The lowest BCUT2D eigenvalue weighted by molar-refractivity contribution is -0.895. The number of rotatable bonds is 4. The molecule has 4 rings (SSSR count). The van der Waals surface area contributed by atoms with Crippen molar-refractivity contribution < 1.29 is 22.5 Å². The van der Waals surface area contributed by atoms with Crippen LogP contribution in [0.3, 0.4) is 0 Å². The Morgan fingerprint density at radius 3 is 2.43 bits per heavy atom. The van der Waals surface area contributed by atoms with Crippen LogP contribution < -0.4 is 9.80 Å². The van der Waals surface area contributed by atoms with Gasteiger partial charge >= 0.3 is 0 Å². The van der Waals surface area contributed by atoms with E-state index in [4.69, 9.17) is 0 Å². The number of hydrogen-bond acceptors (Lipinski definition) is 3. The Balaban J connectivity index is 1.37. The molecule has 2 aliphatic rings. The van der Waals surface area contributed by atoms with E-state index < -0.39 is 15.8 Å². The van der Waals surface area contributed by atoms with Crippen molar-refractivity contribution in [2.45, 2.75) is 11.3 Å². The molecule has 1 saturated heterocycles. The Hall–Kier alpha value is -2.29. The number of fused-ring (bicyclic) bond motifs is 1. The number of quaternary nitrogens is 1. The zero-order valence-electron chi connectivity index (χ0n) is 15.5. The molecule has 1 fully saturated rings. The van der Waals surface area contributed by atoms with E-state index in [0.717, 1.165) is 23.1 Å². The van der Waals surface area contributed by atoms with E-state index >= 15 is 0 Å². The highest BCUT2D eigenvalue weighted by Gasteiger charge is 2.34. The van der Waals surface area contributed by atoms with E-state index in [1.165, 1.54) is 28.1 Å². The van der Waals surface area contributed by atoms with Gasteiger partial charge in [0.2, 0.25) is 10.0 Å². The van der Waals surface area contributed by atoms with Crippen molar-refractivity contribution in [3.63, 3.8) is 0 Å². The summed E-state index contributed by atoms with van der Waals surface area (Å²) in [5, 5.41) is 0. The summed E-state index contributed by atoms with van der Waals surface area (Å²) in [7, 11) is -3.85. The molecule has 2 heterocycles. The summed E-state index contributed by atoms with van der Waals surface area (Å²) in [4.78, 5) is 15.3. The summed E-state index contributed by atoms with van der Waals surface area (Å²) in [6.07, 6.45) is 0.867. The standard InChI is InChI=1S/C20H22FN3O3S/c21-17-6-2-4-8-19(17)28(26,27)23-13-11-22(12-14-23)15-20(25)24-10-9-16-5-1-3-7-18(16)24/h1-8H,9-15H2/p+1. The molecular formula is C20H23FN3O3S+. The van der Waals surface area contributed by atoms with Crippen LogP contribution in [0.2, 0.25) is 0 Å². The van der Waals surface area contributed by atoms with Crippen LogP contribution in [-0.2, 0) is 21.2 Å². The fraction of sp³-hybridized carbons (Fsp3) is 0.350. The van der Waals surface area contributed by atoms with E-state index in [-0.39, 0.29) is 23.9 Å². The number of carbonyl (C=O) groups is 1. The molecule has 1 N–H and O–H groups in total. The second-order valence-electron chi connectivity index (χ2n) is 7.19. The van der Waals surface area contributed by atoms with Crippen LogP contribution in [-0.4, -0.2) is 57.9 Å². The van der Waals surface area contributed by atoms with Crippen LogP contribution in [0, 0.1) is 5.82 Å². The second kappa shape index (κ2) is 7.62. The highest BCUT2D eigenvalue weighted by molar-refractivity contribution is 7.89. The van der Waals surface area contributed by atoms with Crippen molar-refractivity contribution in [1.82, 2.24) is 4.31 Å². The van der Waals surface area contributed by atoms with Crippen molar-refractivity contribution in [1.29, 1.82) is 0 Å². The van der Waals surface area contributed by atoms with Gasteiger partial charge in [-0.1, -0.05) is 30.3 Å². The topological polar surface area (TPSA) is 62.1 Å². The first-order valence-corrected chi connectivity index (χ1v) is 10.9. The number of piperazine rings is 1. The van der Waals surface area contributed by atoms with Crippen molar-refractivity contribution in [3.8, 4) is 0 Å². The van der Waals surface area contributed by atoms with Crippen LogP contribution in [0.5, 0.6) is 0 Å². The average Bonchev–Trinajstić information content (AvgIpc) is 3.13. The molecule has 0 aliphatic carbocycles. The molecule has 0 aromatic heterocycles. The number of anilines is 1. The van der Waals surface area contributed by atoms with E-state index in [1.54, 1.807) is 0 Å². The number of nitrogens with zero attached hydrogens (tertiary/aromatic N) is 2. The van der Waals surface area contributed by atoms with Crippen molar-refractivity contribution in [3.05, 3.63) is 59.9 Å². The van der Waals surface area contributed by atoms with Gasteiger partial charge in [-0.3, -0.25) is 4.79 Å². The van der Waals surface area contributed by atoms with Crippen LogP contribution in [0.15, 0.2) is 53.4 Å². The highest BCUT2D eigenvalue weighted by Crippen LogP contribution is 2.27. The molecule has 148 valence electrons. The summed E-state index contributed by atoms with van der Waals surface area (Å²) in [6.45, 7) is 2.62. The monoisotopic (exact) mass is 404 g/mol. The van der Waals surface area contributed by atoms with E-state index in [1.807, 2.05) is 29.2 Å². The molecule has 0 radical (unpaired) electrons. The van der Waals surface area contributed by atoms with Gasteiger partial charge in [0.05, 0.1) is 26.2 Å². The summed E-state index contributed by atoms with van der Waals surface area (Å²) in [5.41, 5.74) is 2.17. The molecule has 0 atom stereocenters. The minimum absolute atomic E-state index is 0.0605. The molecule has 0 unspecified atom stereocenters. The lowest BCUT2D eigenvalue weighted by atomic mass is 10.2. The number of para-hydroxylation sites is 1. The number of amides is 1. The maximum atomic E-state index is 13.9.